The molecule has 0 spiro atoms. The van der Waals surface area contributed by atoms with Gasteiger partial charge in [0.2, 0.25) is 5.95 Å². The monoisotopic (exact) mass is 276 g/mol. The van der Waals surface area contributed by atoms with Gasteiger partial charge in [-0.1, -0.05) is 0 Å². The predicted molar refractivity (Wildman–Crippen MR) is 71.7 cm³/mol. The lowest BCUT2D eigenvalue weighted by Crippen LogP contribution is -2.12. The lowest BCUT2D eigenvalue weighted by atomic mass is 10.3. The first-order valence-corrected chi connectivity index (χ1v) is 6.25. The summed E-state index contributed by atoms with van der Waals surface area (Å²) in [5.41, 5.74) is 0.168. The number of hydrogen-bond donors (Lipinski definition) is 1. The van der Waals surface area contributed by atoms with Crippen LogP contribution in [0.1, 0.15) is 10.4 Å². The van der Waals surface area contributed by atoms with E-state index < -0.39 is 5.97 Å². The molecular formula is C12H12N4O2S. The molecule has 0 saturated carbocycles. The molecule has 0 aromatic carbocycles. The first-order valence-electron chi connectivity index (χ1n) is 5.44. The number of aromatic nitrogens is 3. The normalized spacial score (nSPS) is 10.2. The number of carboxylic acids is 1. The first-order chi connectivity index (χ1) is 9.06. The number of aromatic carboxylic acids is 1. The van der Waals surface area contributed by atoms with Crippen LogP contribution in [0, 0.1) is 0 Å². The summed E-state index contributed by atoms with van der Waals surface area (Å²) in [6, 6.07) is 4.96. The van der Waals surface area contributed by atoms with Crippen LogP contribution in [0.5, 0.6) is 0 Å². The fourth-order valence-electron chi connectivity index (χ4n) is 1.28. The van der Waals surface area contributed by atoms with Crippen molar-refractivity contribution in [2.24, 2.45) is 0 Å². The Labute approximate surface area is 114 Å². The maximum Gasteiger partial charge on any atom is 0.337 e. The molecule has 7 heteroatoms. The van der Waals surface area contributed by atoms with Crippen LogP contribution in [0.15, 0.2) is 40.6 Å². The second-order valence-corrected chi connectivity index (χ2v) is 4.92. The van der Waals surface area contributed by atoms with Gasteiger partial charge in [-0.25, -0.2) is 19.7 Å². The van der Waals surface area contributed by atoms with E-state index in [9.17, 15) is 4.79 Å². The highest BCUT2D eigenvalue weighted by atomic mass is 32.2. The SMILES string of the molecule is CN(C)c1nccc(Sc2ccc(C(=O)O)cn2)n1. The van der Waals surface area contributed by atoms with E-state index in [4.69, 9.17) is 5.11 Å². The standard InChI is InChI=1S/C12H12N4O2S/c1-16(2)12-13-6-5-10(15-12)19-9-4-3-8(7-14-9)11(17)18/h3-7H,1-2H3,(H,17,18). The highest BCUT2D eigenvalue weighted by molar-refractivity contribution is 7.99. The summed E-state index contributed by atoms with van der Waals surface area (Å²) in [6.07, 6.45) is 3.01. The molecule has 19 heavy (non-hydrogen) atoms. The van der Waals surface area contributed by atoms with Gasteiger partial charge in [-0.2, -0.15) is 0 Å². The molecule has 0 amide bonds. The summed E-state index contributed by atoms with van der Waals surface area (Å²) in [5.74, 6) is -0.367. The van der Waals surface area contributed by atoms with E-state index in [0.717, 1.165) is 5.03 Å². The van der Waals surface area contributed by atoms with Gasteiger partial charge in [0.05, 0.1) is 5.56 Å². The molecule has 0 bridgehead atoms. The fourth-order valence-corrected chi connectivity index (χ4v) is 1.99. The quantitative estimate of drug-likeness (QED) is 0.853. The number of hydrogen-bond acceptors (Lipinski definition) is 6. The van der Waals surface area contributed by atoms with Crippen LogP contribution in [-0.2, 0) is 0 Å². The van der Waals surface area contributed by atoms with Crippen molar-refractivity contribution in [2.75, 3.05) is 19.0 Å². The molecule has 0 aliphatic rings. The molecule has 2 rings (SSSR count). The molecule has 6 nitrogen and oxygen atoms in total. The number of rotatable bonds is 4. The molecule has 2 aromatic rings. The molecular weight excluding hydrogens is 264 g/mol. The summed E-state index contributed by atoms with van der Waals surface area (Å²) in [4.78, 5) is 25.1. The molecule has 0 aliphatic heterocycles. The van der Waals surface area contributed by atoms with Gasteiger partial charge in [-0.15, -0.1) is 0 Å². The molecule has 0 aliphatic carbocycles. The summed E-state index contributed by atoms with van der Waals surface area (Å²) in [7, 11) is 3.73. The Morgan fingerprint density at radius 3 is 2.58 bits per heavy atom. The lowest BCUT2D eigenvalue weighted by molar-refractivity contribution is 0.0696. The van der Waals surface area contributed by atoms with Crippen LogP contribution in [0.3, 0.4) is 0 Å². The van der Waals surface area contributed by atoms with E-state index >= 15 is 0 Å². The van der Waals surface area contributed by atoms with Crippen LogP contribution in [0.2, 0.25) is 0 Å². The predicted octanol–water partition coefficient (Wildman–Crippen LogP) is 1.79. The van der Waals surface area contributed by atoms with Gasteiger partial charge < -0.3 is 10.0 Å². The molecule has 0 fully saturated rings. The number of carboxylic acid groups (broad SMARTS) is 1. The van der Waals surface area contributed by atoms with Crippen molar-refractivity contribution in [1.29, 1.82) is 0 Å². The van der Waals surface area contributed by atoms with E-state index in [-0.39, 0.29) is 5.56 Å². The smallest absolute Gasteiger partial charge is 0.337 e. The average molecular weight is 276 g/mol. The van der Waals surface area contributed by atoms with Crippen LogP contribution in [-0.4, -0.2) is 40.1 Å². The second-order valence-electron chi connectivity index (χ2n) is 3.88. The maximum absolute atomic E-state index is 10.7. The summed E-state index contributed by atoms with van der Waals surface area (Å²) in [6.45, 7) is 0. The van der Waals surface area contributed by atoms with Gasteiger partial charge in [-0.3, -0.25) is 0 Å². The summed E-state index contributed by atoms with van der Waals surface area (Å²) < 4.78 is 0. The molecule has 98 valence electrons. The lowest BCUT2D eigenvalue weighted by Gasteiger charge is -2.10. The highest BCUT2D eigenvalue weighted by Crippen LogP contribution is 2.24. The molecule has 2 heterocycles. The van der Waals surface area contributed by atoms with Crippen molar-refractivity contribution >= 4 is 23.7 Å². The number of pyridine rings is 1. The van der Waals surface area contributed by atoms with E-state index in [1.807, 2.05) is 19.0 Å². The van der Waals surface area contributed by atoms with Gasteiger partial charge in [0.15, 0.2) is 0 Å². The maximum atomic E-state index is 10.7. The minimum Gasteiger partial charge on any atom is -0.478 e. The third-order valence-electron chi connectivity index (χ3n) is 2.21. The largest absolute Gasteiger partial charge is 0.478 e. The Balaban J connectivity index is 2.16. The van der Waals surface area contributed by atoms with Gasteiger partial charge in [-0.05, 0) is 30.0 Å². The van der Waals surface area contributed by atoms with Crippen molar-refractivity contribution in [3.8, 4) is 0 Å². The average Bonchev–Trinajstić information content (AvgIpc) is 2.39. The van der Waals surface area contributed by atoms with Crippen LogP contribution in [0.25, 0.3) is 0 Å². The van der Waals surface area contributed by atoms with Crippen molar-refractivity contribution in [3.05, 3.63) is 36.2 Å². The van der Waals surface area contributed by atoms with Crippen LogP contribution < -0.4 is 4.90 Å². The third-order valence-corrected chi connectivity index (χ3v) is 3.10. The van der Waals surface area contributed by atoms with Gasteiger partial charge >= 0.3 is 5.97 Å². The number of nitrogens with zero attached hydrogens (tertiary/aromatic N) is 4. The molecule has 0 unspecified atom stereocenters. The van der Waals surface area contributed by atoms with Crippen LogP contribution in [0.4, 0.5) is 5.95 Å². The van der Waals surface area contributed by atoms with Gasteiger partial charge in [0.1, 0.15) is 10.1 Å². The first kappa shape index (κ1) is 13.3. The zero-order valence-corrected chi connectivity index (χ0v) is 11.3. The fraction of sp³-hybridized carbons (Fsp3) is 0.167. The Morgan fingerprint density at radius 1 is 1.21 bits per heavy atom. The van der Waals surface area contributed by atoms with E-state index in [1.54, 1.807) is 18.3 Å². The minimum absolute atomic E-state index is 0.168. The van der Waals surface area contributed by atoms with Crippen molar-refractivity contribution in [2.45, 2.75) is 10.1 Å². The van der Waals surface area contributed by atoms with E-state index in [2.05, 4.69) is 15.0 Å². The summed E-state index contributed by atoms with van der Waals surface area (Å²) in [5, 5.41) is 10.2. The molecule has 0 saturated heterocycles. The van der Waals surface area contributed by atoms with Gasteiger partial charge in [0, 0.05) is 26.5 Å². The third kappa shape index (κ3) is 3.41. The Kier molecular flexibility index (Phi) is 3.96. The Bertz CT molecular complexity index is 587. The topological polar surface area (TPSA) is 79.2 Å². The van der Waals surface area contributed by atoms with Crippen molar-refractivity contribution in [1.82, 2.24) is 15.0 Å². The van der Waals surface area contributed by atoms with Crippen molar-refractivity contribution < 1.29 is 9.90 Å². The number of carbonyl (C=O) groups is 1. The summed E-state index contributed by atoms with van der Waals surface area (Å²) >= 11 is 1.36. The van der Waals surface area contributed by atoms with Crippen molar-refractivity contribution in [3.63, 3.8) is 0 Å². The molecule has 0 radical (unpaired) electrons. The Morgan fingerprint density at radius 2 is 2.00 bits per heavy atom. The molecule has 2 aromatic heterocycles. The number of anilines is 1. The highest BCUT2D eigenvalue weighted by Gasteiger charge is 2.06. The zero-order valence-electron chi connectivity index (χ0n) is 10.4. The molecule has 0 atom stereocenters. The Hall–Kier alpha value is -2.15. The van der Waals surface area contributed by atoms with Gasteiger partial charge in [0.25, 0.3) is 0 Å². The zero-order chi connectivity index (χ0) is 13.8. The molecule has 1 N–H and O–H groups in total. The van der Waals surface area contributed by atoms with Crippen LogP contribution >= 0.6 is 11.8 Å². The minimum atomic E-state index is -0.985. The van der Waals surface area contributed by atoms with E-state index in [0.29, 0.717) is 11.0 Å². The van der Waals surface area contributed by atoms with E-state index in [1.165, 1.54) is 24.0 Å². The second kappa shape index (κ2) is 5.66.